The highest BCUT2D eigenvalue weighted by atomic mass is 35.5. The maximum atomic E-state index is 14.7. The van der Waals surface area contributed by atoms with Gasteiger partial charge in [-0.3, -0.25) is 4.98 Å². The van der Waals surface area contributed by atoms with E-state index in [4.69, 9.17) is 22.1 Å². The molecule has 0 spiro atoms. The van der Waals surface area contributed by atoms with Crippen molar-refractivity contribution in [2.75, 3.05) is 13.2 Å². The van der Waals surface area contributed by atoms with Crippen LogP contribution in [0.1, 0.15) is 23.7 Å². The van der Waals surface area contributed by atoms with Crippen molar-refractivity contribution >= 4 is 23.7 Å². The lowest BCUT2D eigenvalue weighted by atomic mass is 10.0. The van der Waals surface area contributed by atoms with E-state index in [0.717, 1.165) is 0 Å². The topological polar surface area (TPSA) is 77.2 Å². The summed E-state index contributed by atoms with van der Waals surface area (Å²) in [5.74, 6) is -2.92. The average molecular weight is 382 g/mol. The zero-order valence-electron chi connectivity index (χ0n) is 14.0. The highest BCUT2D eigenvalue weighted by Gasteiger charge is 2.37. The molecule has 0 bridgehead atoms. The molecule has 0 saturated heterocycles. The summed E-state index contributed by atoms with van der Waals surface area (Å²) in [6.07, 6.45) is 4.57. The van der Waals surface area contributed by atoms with Crippen molar-refractivity contribution in [1.29, 1.82) is 0 Å². The minimum absolute atomic E-state index is 0.0933. The molecule has 0 aliphatic heterocycles. The Morgan fingerprint density at radius 1 is 1.38 bits per heavy atom. The Morgan fingerprint density at radius 3 is 2.73 bits per heavy atom. The number of ether oxygens (including phenoxy) is 1. The number of primary amides is 1. The fourth-order valence-electron chi connectivity index (χ4n) is 2.19. The first-order chi connectivity index (χ1) is 12.3. The van der Waals surface area contributed by atoms with Crippen molar-refractivity contribution in [2.24, 2.45) is 5.73 Å². The summed E-state index contributed by atoms with van der Waals surface area (Å²) in [5.41, 5.74) is 4.78. The van der Waals surface area contributed by atoms with Gasteiger partial charge in [0.1, 0.15) is 11.4 Å². The van der Waals surface area contributed by atoms with E-state index in [9.17, 15) is 13.6 Å². The molecule has 0 atom stereocenters. The minimum Gasteiger partial charge on any atom is -0.494 e. The van der Waals surface area contributed by atoms with Crippen molar-refractivity contribution in [3.63, 3.8) is 0 Å². The number of nitrogens with one attached hydrogen (secondary N) is 1. The SMILES string of the molecule is CCOc1ccc(C(F)(F)c2ccc(/C=C/CNC(N)=O)cn2)c(Cl)c1. The molecular formula is C18H18ClF2N3O2. The number of amides is 2. The summed E-state index contributed by atoms with van der Waals surface area (Å²) >= 11 is 6.00. The molecule has 0 aliphatic rings. The number of carbonyl (C=O) groups is 1. The van der Waals surface area contributed by atoms with E-state index < -0.39 is 17.6 Å². The van der Waals surface area contributed by atoms with Crippen LogP contribution in [0.4, 0.5) is 13.6 Å². The summed E-state index contributed by atoms with van der Waals surface area (Å²) in [6, 6.07) is 6.12. The predicted octanol–water partition coefficient (Wildman–Crippen LogP) is 3.96. The van der Waals surface area contributed by atoms with Crippen molar-refractivity contribution in [3.8, 4) is 5.75 Å². The normalized spacial score (nSPS) is 11.5. The number of rotatable bonds is 7. The number of benzene rings is 1. The van der Waals surface area contributed by atoms with Gasteiger partial charge in [0.25, 0.3) is 0 Å². The van der Waals surface area contributed by atoms with Crippen LogP contribution in [0.25, 0.3) is 6.08 Å². The number of nitrogens with two attached hydrogens (primary N) is 1. The van der Waals surface area contributed by atoms with E-state index in [0.29, 0.717) is 17.9 Å². The molecule has 26 heavy (non-hydrogen) atoms. The number of urea groups is 1. The molecule has 138 valence electrons. The molecule has 2 amide bonds. The maximum absolute atomic E-state index is 14.7. The van der Waals surface area contributed by atoms with Crippen molar-refractivity contribution in [1.82, 2.24) is 10.3 Å². The average Bonchev–Trinajstić information content (AvgIpc) is 2.59. The standard InChI is InChI=1S/C18H18ClF2N3O2/c1-2-26-13-6-7-14(15(19)10-13)18(20,21)16-8-5-12(11-24-16)4-3-9-23-17(22)25/h3-8,10-11H,2,9H2,1H3,(H3,22,23,25)/b4-3+. The molecule has 3 N–H and O–H groups in total. The predicted molar refractivity (Wildman–Crippen MR) is 96.5 cm³/mol. The molecule has 2 rings (SSSR count). The van der Waals surface area contributed by atoms with Crippen LogP contribution < -0.4 is 15.8 Å². The van der Waals surface area contributed by atoms with Crippen LogP contribution in [0.5, 0.6) is 5.75 Å². The molecule has 5 nitrogen and oxygen atoms in total. The van der Waals surface area contributed by atoms with Crippen LogP contribution in [0.15, 0.2) is 42.6 Å². The van der Waals surface area contributed by atoms with Crippen molar-refractivity contribution < 1.29 is 18.3 Å². The minimum atomic E-state index is -3.35. The number of pyridine rings is 1. The Bertz CT molecular complexity index is 796. The number of alkyl halides is 2. The van der Waals surface area contributed by atoms with Gasteiger partial charge in [-0.25, -0.2) is 4.79 Å². The highest BCUT2D eigenvalue weighted by molar-refractivity contribution is 6.31. The van der Waals surface area contributed by atoms with Gasteiger partial charge in [-0.1, -0.05) is 29.8 Å². The van der Waals surface area contributed by atoms with Gasteiger partial charge < -0.3 is 15.8 Å². The molecule has 0 fully saturated rings. The summed E-state index contributed by atoms with van der Waals surface area (Å²) in [4.78, 5) is 14.4. The second-order valence-electron chi connectivity index (χ2n) is 5.27. The number of aromatic nitrogens is 1. The van der Waals surface area contributed by atoms with Crippen molar-refractivity contribution in [2.45, 2.75) is 12.8 Å². The highest BCUT2D eigenvalue weighted by Crippen LogP contribution is 2.39. The third-order valence-corrected chi connectivity index (χ3v) is 3.72. The second kappa shape index (κ2) is 8.62. The zero-order valence-corrected chi connectivity index (χ0v) is 14.8. The third-order valence-electron chi connectivity index (χ3n) is 3.40. The number of hydrogen-bond acceptors (Lipinski definition) is 3. The first-order valence-electron chi connectivity index (χ1n) is 7.81. The Hall–Kier alpha value is -2.67. The molecule has 2 aromatic rings. The third kappa shape index (κ3) is 4.92. The first kappa shape index (κ1) is 19.7. The van der Waals surface area contributed by atoms with Gasteiger partial charge in [0.2, 0.25) is 0 Å². The lowest BCUT2D eigenvalue weighted by Gasteiger charge is -2.18. The Balaban J connectivity index is 2.17. The molecule has 0 radical (unpaired) electrons. The van der Waals surface area contributed by atoms with Gasteiger partial charge in [0.15, 0.2) is 0 Å². The quantitative estimate of drug-likeness (QED) is 0.762. The van der Waals surface area contributed by atoms with Crippen LogP contribution in [0.2, 0.25) is 5.02 Å². The molecule has 0 aliphatic carbocycles. The summed E-state index contributed by atoms with van der Waals surface area (Å²) in [6.45, 7) is 2.44. The first-order valence-corrected chi connectivity index (χ1v) is 8.19. The van der Waals surface area contributed by atoms with Crippen LogP contribution in [0, 0.1) is 0 Å². The van der Waals surface area contributed by atoms with Crippen LogP contribution in [-0.4, -0.2) is 24.2 Å². The van der Waals surface area contributed by atoms with E-state index in [2.05, 4.69) is 10.3 Å². The Kier molecular flexibility index (Phi) is 6.52. The molecule has 0 unspecified atom stereocenters. The lowest BCUT2D eigenvalue weighted by Crippen LogP contribution is -2.29. The van der Waals surface area contributed by atoms with Crippen LogP contribution >= 0.6 is 11.6 Å². The smallest absolute Gasteiger partial charge is 0.316 e. The lowest BCUT2D eigenvalue weighted by molar-refractivity contribution is 0.0381. The van der Waals surface area contributed by atoms with Gasteiger partial charge in [-0.15, -0.1) is 0 Å². The van der Waals surface area contributed by atoms with Gasteiger partial charge in [-0.2, -0.15) is 8.78 Å². The molecule has 1 aromatic heterocycles. The summed E-state index contributed by atoms with van der Waals surface area (Å²) in [5, 5.41) is 2.29. The van der Waals surface area contributed by atoms with Crippen molar-refractivity contribution in [3.05, 3.63) is 64.4 Å². The summed E-state index contributed by atoms with van der Waals surface area (Å²) < 4.78 is 34.7. The number of nitrogens with zero attached hydrogens (tertiary/aromatic N) is 1. The van der Waals surface area contributed by atoms with Crippen LogP contribution in [0.3, 0.4) is 0 Å². The van der Waals surface area contributed by atoms with E-state index in [1.807, 2.05) is 0 Å². The monoisotopic (exact) mass is 381 g/mol. The fraction of sp³-hybridized carbons (Fsp3) is 0.222. The van der Waals surface area contributed by atoms with Gasteiger partial charge in [0, 0.05) is 18.3 Å². The molecule has 8 heteroatoms. The van der Waals surface area contributed by atoms with Gasteiger partial charge >= 0.3 is 12.0 Å². The zero-order chi connectivity index (χ0) is 19.2. The Labute approximate surface area is 154 Å². The molecule has 1 heterocycles. The molecule has 0 saturated carbocycles. The second-order valence-corrected chi connectivity index (χ2v) is 5.68. The van der Waals surface area contributed by atoms with E-state index in [1.54, 1.807) is 19.1 Å². The van der Waals surface area contributed by atoms with Gasteiger partial charge in [-0.05, 0) is 36.8 Å². The number of halogens is 3. The van der Waals surface area contributed by atoms with Crippen LogP contribution in [-0.2, 0) is 5.92 Å². The molecule has 1 aromatic carbocycles. The fourth-order valence-corrected chi connectivity index (χ4v) is 2.48. The Morgan fingerprint density at radius 2 is 2.15 bits per heavy atom. The number of carbonyl (C=O) groups excluding carboxylic acids is 1. The molecular weight excluding hydrogens is 364 g/mol. The largest absolute Gasteiger partial charge is 0.494 e. The van der Waals surface area contributed by atoms with Gasteiger partial charge in [0.05, 0.1) is 11.6 Å². The number of hydrogen-bond donors (Lipinski definition) is 2. The maximum Gasteiger partial charge on any atom is 0.316 e. The summed E-state index contributed by atoms with van der Waals surface area (Å²) in [7, 11) is 0. The van der Waals surface area contributed by atoms with E-state index in [1.165, 1.54) is 36.5 Å². The van der Waals surface area contributed by atoms with E-state index >= 15 is 0 Å². The van der Waals surface area contributed by atoms with E-state index in [-0.39, 0.29) is 17.1 Å².